The molecule has 0 saturated carbocycles. The number of furan rings is 1. The lowest BCUT2D eigenvalue weighted by Crippen LogP contribution is -2.53. The van der Waals surface area contributed by atoms with Crippen molar-refractivity contribution in [2.75, 3.05) is 39.3 Å². The maximum absolute atomic E-state index is 11.4. The maximum Gasteiger partial charge on any atom is 0.219 e. The molecule has 1 aliphatic rings. The minimum absolute atomic E-state index is 0. The Morgan fingerprint density at radius 2 is 2.00 bits per heavy atom. The van der Waals surface area contributed by atoms with Crippen LogP contribution in [-0.4, -0.2) is 66.0 Å². The van der Waals surface area contributed by atoms with Gasteiger partial charge in [-0.3, -0.25) is 4.79 Å². The van der Waals surface area contributed by atoms with Gasteiger partial charge in [0.15, 0.2) is 5.96 Å². The van der Waals surface area contributed by atoms with Gasteiger partial charge >= 0.3 is 0 Å². The van der Waals surface area contributed by atoms with Gasteiger partial charge in [-0.2, -0.15) is 0 Å². The average Bonchev–Trinajstić information content (AvgIpc) is 3.07. The van der Waals surface area contributed by atoms with Gasteiger partial charge in [-0.1, -0.05) is 0 Å². The van der Waals surface area contributed by atoms with E-state index in [9.17, 15) is 9.90 Å². The number of nitrogens with one attached hydrogen (secondary N) is 1. The van der Waals surface area contributed by atoms with E-state index in [1.165, 1.54) is 0 Å². The number of carbonyl (C=O) groups excluding carboxylic acids is 1. The molecule has 1 amide bonds. The van der Waals surface area contributed by atoms with E-state index in [1.807, 2.05) is 11.8 Å². The molecule has 2 N–H and O–H groups in total. The molecule has 2 heterocycles. The molecule has 1 saturated heterocycles. The molecule has 2 rings (SSSR count). The van der Waals surface area contributed by atoms with E-state index in [-0.39, 0.29) is 36.4 Å². The van der Waals surface area contributed by atoms with Crippen molar-refractivity contribution >= 4 is 35.8 Å². The number of amides is 1. The lowest BCUT2D eigenvalue weighted by Gasteiger charge is -2.36. The largest absolute Gasteiger partial charge is 0.466 e. The highest BCUT2D eigenvalue weighted by Crippen LogP contribution is 2.21. The van der Waals surface area contributed by atoms with Gasteiger partial charge in [0.25, 0.3) is 0 Å². The van der Waals surface area contributed by atoms with Gasteiger partial charge in [0.05, 0.1) is 12.8 Å². The van der Waals surface area contributed by atoms with Crippen molar-refractivity contribution in [2.24, 2.45) is 4.99 Å². The fourth-order valence-electron chi connectivity index (χ4n) is 2.55. The topological polar surface area (TPSA) is 81.3 Å². The van der Waals surface area contributed by atoms with Crippen LogP contribution >= 0.6 is 24.0 Å². The summed E-state index contributed by atoms with van der Waals surface area (Å²) in [5.41, 5.74) is -1.15. The average molecular weight is 450 g/mol. The van der Waals surface area contributed by atoms with Gasteiger partial charge in [0.1, 0.15) is 11.4 Å². The van der Waals surface area contributed by atoms with Crippen LogP contribution < -0.4 is 5.32 Å². The number of piperazine rings is 1. The Bertz CT molecular complexity index is 538. The summed E-state index contributed by atoms with van der Waals surface area (Å²) < 4.78 is 5.28. The minimum Gasteiger partial charge on any atom is -0.466 e. The second-order valence-corrected chi connectivity index (χ2v) is 5.91. The molecular weight excluding hydrogens is 423 g/mol. The number of rotatable bonds is 4. The highest BCUT2D eigenvalue weighted by molar-refractivity contribution is 14.0. The van der Waals surface area contributed by atoms with Crippen LogP contribution in [0.3, 0.4) is 0 Å². The predicted octanol–water partition coefficient (Wildman–Crippen LogP) is 1.23. The van der Waals surface area contributed by atoms with E-state index in [1.54, 1.807) is 32.2 Å². The Morgan fingerprint density at radius 1 is 1.38 bits per heavy atom. The molecule has 1 unspecified atom stereocenters. The molecule has 1 fully saturated rings. The highest BCUT2D eigenvalue weighted by Gasteiger charge is 2.27. The van der Waals surface area contributed by atoms with Gasteiger partial charge in [0, 0.05) is 39.6 Å². The first-order valence-corrected chi connectivity index (χ1v) is 7.99. The molecule has 1 aromatic heterocycles. The zero-order valence-electron chi connectivity index (χ0n) is 14.5. The SMILES string of the molecule is CCNC(=NCC(C)(O)c1ccco1)N1CCN(C(C)=O)CC1.I. The Balaban J connectivity index is 0.00000288. The van der Waals surface area contributed by atoms with Crippen molar-refractivity contribution < 1.29 is 14.3 Å². The van der Waals surface area contributed by atoms with Crippen molar-refractivity contribution in [3.63, 3.8) is 0 Å². The van der Waals surface area contributed by atoms with Crippen molar-refractivity contribution in [3.05, 3.63) is 24.2 Å². The number of aliphatic hydroxyl groups is 1. The van der Waals surface area contributed by atoms with E-state index in [0.717, 1.165) is 25.6 Å². The van der Waals surface area contributed by atoms with Crippen LogP contribution in [0.2, 0.25) is 0 Å². The van der Waals surface area contributed by atoms with Gasteiger partial charge in [-0.25, -0.2) is 4.99 Å². The number of hydrogen-bond acceptors (Lipinski definition) is 4. The van der Waals surface area contributed by atoms with E-state index < -0.39 is 5.60 Å². The molecule has 0 aliphatic carbocycles. The van der Waals surface area contributed by atoms with Crippen molar-refractivity contribution in [1.29, 1.82) is 0 Å². The van der Waals surface area contributed by atoms with E-state index >= 15 is 0 Å². The Morgan fingerprint density at radius 3 is 2.50 bits per heavy atom. The van der Waals surface area contributed by atoms with Crippen molar-refractivity contribution in [3.8, 4) is 0 Å². The van der Waals surface area contributed by atoms with Crippen LogP contribution in [0, 0.1) is 0 Å². The molecule has 0 bridgehead atoms. The minimum atomic E-state index is -1.15. The van der Waals surface area contributed by atoms with Crippen LogP contribution in [0.4, 0.5) is 0 Å². The summed E-state index contributed by atoms with van der Waals surface area (Å²) in [6.07, 6.45) is 1.54. The summed E-state index contributed by atoms with van der Waals surface area (Å²) in [6.45, 7) is 9.07. The number of nitrogens with zero attached hydrogens (tertiary/aromatic N) is 3. The molecular formula is C16H27IN4O3. The zero-order valence-corrected chi connectivity index (χ0v) is 16.8. The molecule has 0 aromatic carbocycles. The molecule has 1 aliphatic heterocycles. The van der Waals surface area contributed by atoms with Crippen LogP contribution in [0.1, 0.15) is 26.5 Å². The standard InChI is InChI=1S/C16H26N4O3.HI/c1-4-17-15(20-9-7-19(8-10-20)13(2)21)18-12-16(3,22)14-6-5-11-23-14;/h5-6,11,22H,4,7-10,12H2,1-3H3,(H,17,18);1H. The monoisotopic (exact) mass is 450 g/mol. The summed E-state index contributed by atoms with van der Waals surface area (Å²) in [5.74, 6) is 1.35. The Hall–Kier alpha value is -1.29. The fourth-order valence-corrected chi connectivity index (χ4v) is 2.55. The summed E-state index contributed by atoms with van der Waals surface area (Å²) in [6, 6.07) is 3.49. The third-order valence-electron chi connectivity index (χ3n) is 3.95. The first-order chi connectivity index (χ1) is 10.9. The summed E-state index contributed by atoms with van der Waals surface area (Å²) >= 11 is 0. The van der Waals surface area contributed by atoms with Crippen LogP contribution in [0.25, 0.3) is 0 Å². The summed E-state index contributed by atoms with van der Waals surface area (Å²) in [4.78, 5) is 19.9. The first-order valence-electron chi connectivity index (χ1n) is 7.99. The first kappa shape index (κ1) is 20.8. The second-order valence-electron chi connectivity index (χ2n) is 5.91. The smallest absolute Gasteiger partial charge is 0.219 e. The molecule has 1 aromatic rings. The molecule has 0 radical (unpaired) electrons. The zero-order chi connectivity index (χ0) is 16.9. The normalized spacial score (nSPS) is 17.9. The molecule has 24 heavy (non-hydrogen) atoms. The van der Waals surface area contributed by atoms with Crippen molar-refractivity contribution in [2.45, 2.75) is 26.4 Å². The highest BCUT2D eigenvalue weighted by atomic mass is 127. The number of halogens is 1. The van der Waals surface area contributed by atoms with Gasteiger partial charge < -0.3 is 24.6 Å². The molecule has 7 nitrogen and oxygen atoms in total. The Kier molecular flexibility index (Phi) is 8.01. The predicted molar refractivity (Wildman–Crippen MR) is 103 cm³/mol. The van der Waals surface area contributed by atoms with Gasteiger partial charge in [0.2, 0.25) is 5.91 Å². The second kappa shape index (κ2) is 9.26. The molecule has 8 heteroatoms. The fraction of sp³-hybridized carbons (Fsp3) is 0.625. The number of guanidine groups is 1. The lowest BCUT2D eigenvalue weighted by molar-refractivity contribution is -0.130. The van der Waals surface area contributed by atoms with E-state index in [2.05, 4.69) is 15.2 Å². The van der Waals surface area contributed by atoms with Crippen LogP contribution in [0.15, 0.2) is 27.8 Å². The third-order valence-corrected chi connectivity index (χ3v) is 3.95. The lowest BCUT2D eigenvalue weighted by atomic mass is 10.0. The van der Waals surface area contributed by atoms with Gasteiger partial charge in [-0.05, 0) is 26.0 Å². The number of hydrogen-bond donors (Lipinski definition) is 2. The molecule has 1 atom stereocenters. The van der Waals surface area contributed by atoms with Crippen LogP contribution in [-0.2, 0) is 10.4 Å². The van der Waals surface area contributed by atoms with Gasteiger partial charge in [-0.15, -0.1) is 24.0 Å². The summed E-state index contributed by atoms with van der Waals surface area (Å²) in [7, 11) is 0. The van der Waals surface area contributed by atoms with Crippen molar-refractivity contribution in [1.82, 2.24) is 15.1 Å². The number of aliphatic imine (C=N–C) groups is 1. The number of carbonyl (C=O) groups is 1. The third kappa shape index (κ3) is 5.37. The maximum atomic E-state index is 11.4. The summed E-state index contributed by atoms with van der Waals surface area (Å²) in [5, 5.41) is 13.8. The van der Waals surface area contributed by atoms with E-state index in [4.69, 9.17) is 4.42 Å². The Labute approximate surface area is 160 Å². The molecule has 0 spiro atoms. The van der Waals surface area contributed by atoms with Crippen LogP contribution in [0.5, 0.6) is 0 Å². The molecule has 136 valence electrons. The van der Waals surface area contributed by atoms with E-state index in [0.29, 0.717) is 18.8 Å². The quantitative estimate of drug-likeness (QED) is 0.410.